The van der Waals surface area contributed by atoms with Gasteiger partial charge in [0.05, 0.1) is 0 Å². The van der Waals surface area contributed by atoms with Crippen molar-refractivity contribution in [2.24, 2.45) is 0 Å². The highest BCUT2D eigenvalue weighted by Gasteiger charge is 2.34. The van der Waals surface area contributed by atoms with Gasteiger partial charge in [0.1, 0.15) is 11.8 Å². The lowest BCUT2D eigenvalue weighted by atomic mass is 9.93. The lowest BCUT2D eigenvalue weighted by Crippen LogP contribution is -2.19. The van der Waals surface area contributed by atoms with Crippen LogP contribution in [0.2, 0.25) is 0 Å². The van der Waals surface area contributed by atoms with Gasteiger partial charge in [0.15, 0.2) is 0 Å². The molecule has 3 nitrogen and oxygen atoms in total. The second kappa shape index (κ2) is 4.88. The molecule has 19 heavy (non-hydrogen) atoms. The Labute approximate surface area is 112 Å². The van der Waals surface area contributed by atoms with Crippen LogP contribution in [0.3, 0.4) is 0 Å². The van der Waals surface area contributed by atoms with Crippen LogP contribution in [-0.4, -0.2) is 10.4 Å². The molecule has 2 aromatic rings. The van der Waals surface area contributed by atoms with E-state index in [0.29, 0.717) is 0 Å². The Hall–Kier alpha value is -2.10. The molecule has 1 atom stereocenters. The molecule has 0 bridgehead atoms. The van der Waals surface area contributed by atoms with Crippen LogP contribution < -0.4 is 0 Å². The van der Waals surface area contributed by atoms with Gasteiger partial charge in [-0.05, 0) is 23.3 Å². The summed E-state index contributed by atoms with van der Waals surface area (Å²) in [7, 11) is 0. The number of allylic oxidation sites excluding steroid dienone is 1. The van der Waals surface area contributed by atoms with Crippen molar-refractivity contribution < 1.29 is 10.0 Å². The molecule has 0 saturated carbocycles. The minimum Gasteiger partial charge on any atom is -0.384 e. The number of hydroxylamine groups is 2. The van der Waals surface area contributed by atoms with Crippen molar-refractivity contribution in [3.8, 4) is 0 Å². The lowest BCUT2D eigenvalue weighted by molar-refractivity contribution is -0.320. The minimum atomic E-state index is -0.288. The van der Waals surface area contributed by atoms with Crippen LogP contribution in [-0.2, 0) is 4.84 Å². The van der Waals surface area contributed by atoms with Gasteiger partial charge >= 0.3 is 0 Å². The van der Waals surface area contributed by atoms with Crippen molar-refractivity contribution in [1.29, 1.82) is 0 Å². The first kappa shape index (κ1) is 12.0. The molecule has 3 heteroatoms. The fraction of sp³-hybridized carbons (Fsp3) is 0.125. The monoisotopic (exact) mass is 253 g/mol. The van der Waals surface area contributed by atoms with Crippen LogP contribution in [0.25, 0.3) is 5.57 Å². The molecular weight excluding hydrogens is 238 g/mol. The Morgan fingerprint density at radius 3 is 2.16 bits per heavy atom. The molecule has 1 aliphatic rings. The molecule has 0 spiro atoms. The van der Waals surface area contributed by atoms with Crippen molar-refractivity contribution >= 4 is 5.57 Å². The minimum absolute atomic E-state index is 0.288. The van der Waals surface area contributed by atoms with E-state index in [2.05, 4.69) is 0 Å². The van der Waals surface area contributed by atoms with Crippen LogP contribution in [0.4, 0.5) is 0 Å². The third-order valence-corrected chi connectivity index (χ3v) is 3.30. The van der Waals surface area contributed by atoms with E-state index >= 15 is 0 Å². The second-order valence-electron chi connectivity index (χ2n) is 4.54. The third kappa shape index (κ3) is 2.14. The third-order valence-electron chi connectivity index (χ3n) is 3.30. The summed E-state index contributed by atoms with van der Waals surface area (Å²) in [4.78, 5) is 5.36. The molecule has 0 saturated heterocycles. The van der Waals surface area contributed by atoms with Gasteiger partial charge in [-0.3, -0.25) is 5.21 Å². The van der Waals surface area contributed by atoms with Crippen LogP contribution in [0.5, 0.6) is 0 Å². The van der Waals surface area contributed by atoms with E-state index in [1.807, 2.05) is 67.6 Å². The van der Waals surface area contributed by atoms with E-state index in [9.17, 15) is 5.21 Å². The quantitative estimate of drug-likeness (QED) is 0.883. The van der Waals surface area contributed by atoms with Crippen molar-refractivity contribution in [1.82, 2.24) is 5.23 Å². The average molecular weight is 253 g/mol. The average Bonchev–Trinajstić information content (AvgIpc) is 2.75. The second-order valence-corrected chi connectivity index (χ2v) is 4.54. The summed E-state index contributed by atoms with van der Waals surface area (Å²) in [6.07, 6.45) is 0. The first-order valence-electron chi connectivity index (χ1n) is 6.24. The highest BCUT2D eigenvalue weighted by atomic mass is 16.9. The molecule has 0 aliphatic carbocycles. The highest BCUT2D eigenvalue weighted by molar-refractivity contribution is 5.73. The Kier molecular flexibility index (Phi) is 3.07. The van der Waals surface area contributed by atoms with Crippen LogP contribution in [0.15, 0.2) is 66.4 Å². The van der Waals surface area contributed by atoms with Gasteiger partial charge in [0.25, 0.3) is 0 Å². The molecule has 1 N–H and O–H groups in total. The van der Waals surface area contributed by atoms with Gasteiger partial charge in [0.2, 0.25) is 0 Å². The molecule has 0 amide bonds. The summed E-state index contributed by atoms with van der Waals surface area (Å²) >= 11 is 0. The zero-order chi connectivity index (χ0) is 13.2. The van der Waals surface area contributed by atoms with E-state index in [0.717, 1.165) is 27.7 Å². The highest BCUT2D eigenvalue weighted by Crippen LogP contribution is 2.42. The normalized spacial score (nSPS) is 19.6. The van der Waals surface area contributed by atoms with Crippen molar-refractivity contribution in [3.63, 3.8) is 0 Å². The van der Waals surface area contributed by atoms with E-state index < -0.39 is 0 Å². The predicted octanol–water partition coefficient (Wildman–Crippen LogP) is 3.80. The van der Waals surface area contributed by atoms with Gasteiger partial charge in [0, 0.05) is 5.57 Å². The van der Waals surface area contributed by atoms with Crippen molar-refractivity contribution in [3.05, 3.63) is 77.5 Å². The maximum Gasteiger partial charge on any atom is 0.130 e. The van der Waals surface area contributed by atoms with E-state index in [1.54, 1.807) is 0 Å². The molecule has 1 heterocycles. The fourth-order valence-corrected chi connectivity index (χ4v) is 2.45. The topological polar surface area (TPSA) is 32.7 Å². The van der Waals surface area contributed by atoms with E-state index in [-0.39, 0.29) is 6.04 Å². The van der Waals surface area contributed by atoms with E-state index in [1.165, 1.54) is 0 Å². The largest absolute Gasteiger partial charge is 0.384 e. The number of hydrogen-bond donors (Lipinski definition) is 1. The maximum atomic E-state index is 10.0. The Morgan fingerprint density at radius 1 is 0.947 bits per heavy atom. The zero-order valence-electron chi connectivity index (χ0n) is 10.7. The summed E-state index contributed by atoms with van der Waals surface area (Å²) in [6.45, 7) is 1.87. The van der Waals surface area contributed by atoms with Crippen molar-refractivity contribution in [2.45, 2.75) is 13.0 Å². The molecule has 0 fully saturated rings. The number of nitrogens with zero attached hydrogens (tertiary/aromatic N) is 1. The number of rotatable bonds is 2. The SMILES string of the molecule is CC1=C(c2ccccc2)C(c2ccccc2)N(O)O1. The molecule has 0 aromatic heterocycles. The molecule has 2 aromatic carbocycles. The first-order valence-corrected chi connectivity index (χ1v) is 6.24. The van der Waals surface area contributed by atoms with Crippen LogP contribution >= 0.6 is 0 Å². The Bertz CT molecular complexity index is 593. The van der Waals surface area contributed by atoms with Gasteiger partial charge < -0.3 is 4.84 Å². The first-order chi connectivity index (χ1) is 9.27. The summed E-state index contributed by atoms with van der Waals surface area (Å²) < 4.78 is 0. The molecule has 3 rings (SSSR count). The summed E-state index contributed by atoms with van der Waals surface area (Å²) in [6, 6.07) is 19.5. The van der Waals surface area contributed by atoms with Crippen molar-refractivity contribution in [2.75, 3.05) is 0 Å². The number of hydrogen-bond acceptors (Lipinski definition) is 3. The Balaban J connectivity index is 2.08. The molecule has 1 unspecified atom stereocenters. The summed E-state index contributed by atoms with van der Waals surface area (Å²) in [5.74, 6) is 0.725. The smallest absolute Gasteiger partial charge is 0.130 e. The zero-order valence-corrected chi connectivity index (χ0v) is 10.7. The predicted molar refractivity (Wildman–Crippen MR) is 72.9 cm³/mol. The standard InChI is InChI=1S/C16H15NO2/c1-12-15(13-8-4-2-5-9-13)16(17(18)19-12)14-10-6-3-7-11-14/h2-11,16,18H,1H3. The van der Waals surface area contributed by atoms with Crippen LogP contribution in [0, 0.1) is 0 Å². The lowest BCUT2D eigenvalue weighted by Gasteiger charge is -2.18. The fourth-order valence-electron chi connectivity index (χ4n) is 2.45. The van der Waals surface area contributed by atoms with Gasteiger partial charge in [-0.2, -0.15) is 0 Å². The number of benzene rings is 2. The van der Waals surface area contributed by atoms with Gasteiger partial charge in [-0.25, -0.2) is 0 Å². The molecule has 0 radical (unpaired) electrons. The summed E-state index contributed by atoms with van der Waals surface area (Å²) in [5.41, 5.74) is 3.06. The van der Waals surface area contributed by atoms with Crippen LogP contribution in [0.1, 0.15) is 24.1 Å². The summed E-state index contributed by atoms with van der Waals surface area (Å²) in [5, 5.41) is 10.9. The molecule has 1 aliphatic heterocycles. The maximum absolute atomic E-state index is 10.0. The van der Waals surface area contributed by atoms with Gasteiger partial charge in [-0.1, -0.05) is 60.7 Å². The molecular formula is C16H15NO2. The van der Waals surface area contributed by atoms with E-state index in [4.69, 9.17) is 4.84 Å². The Morgan fingerprint density at radius 2 is 1.53 bits per heavy atom. The van der Waals surface area contributed by atoms with Gasteiger partial charge in [-0.15, -0.1) is 0 Å². The molecule has 96 valence electrons.